The largest absolute Gasteiger partial charge is 0.449 e. The van der Waals surface area contributed by atoms with Gasteiger partial charge >= 0.3 is 0 Å². The Hall–Kier alpha value is 0.748. The lowest BCUT2D eigenvalue weighted by atomic mass is 10.0. The highest BCUT2D eigenvalue weighted by Crippen LogP contribution is 2.14. The van der Waals surface area contributed by atoms with Crippen LogP contribution in [0.1, 0.15) is 110 Å². The molecule has 0 saturated carbocycles. The van der Waals surface area contributed by atoms with E-state index < -0.39 is 29.1 Å². The van der Waals surface area contributed by atoms with Gasteiger partial charge in [0.25, 0.3) is 20.0 Å². The molecule has 7 heteroatoms. The van der Waals surface area contributed by atoms with E-state index in [1.54, 1.807) is 0 Å². The van der Waals surface area contributed by atoms with E-state index in [1.165, 1.54) is 109 Å². The summed E-state index contributed by atoms with van der Waals surface area (Å²) in [6.07, 6.45) is 23.1. The minimum Gasteiger partial charge on any atom is -0.449 e. The van der Waals surface area contributed by atoms with Crippen LogP contribution in [0.25, 0.3) is 0 Å². The Labute approximate surface area is 174 Å². The molecule has 0 saturated heterocycles. The van der Waals surface area contributed by atoms with Crippen molar-refractivity contribution in [2.24, 2.45) is 0 Å². The van der Waals surface area contributed by atoms with Gasteiger partial charge in [-0.1, -0.05) is 110 Å². The van der Waals surface area contributed by atoms with E-state index in [9.17, 15) is 0 Å². The Bertz CT molecular complexity index is 261. The van der Waals surface area contributed by atoms with Crippen LogP contribution in [0.15, 0.2) is 0 Å². The second-order valence-corrected chi connectivity index (χ2v) is 15.7. The zero-order chi connectivity index (χ0) is 19.1. The zero-order valence-corrected chi connectivity index (χ0v) is 24.2. The van der Waals surface area contributed by atoms with E-state index >= 15 is 0 Å². The van der Waals surface area contributed by atoms with Gasteiger partial charge in [0.2, 0.25) is 0 Å². The average Bonchev–Trinajstić information content (AvgIpc) is 2.65. The molecule has 0 spiro atoms. The van der Waals surface area contributed by atoms with Crippen LogP contribution in [0.5, 0.6) is 0 Å². The Morgan fingerprint density at radius 2 is 1.08 bits per heavy atom. The van der Waals surface area contributed by atoms with Gasteiger partial charge in [0.1, 0.15) is 10.5 Å². The summed E-state index contributed by atoms with van der Waals surface area (Å²) >= 11 is 0. The van der Waals surface area contributed by atoms with E-state index in [2.05, 4.69) is 13.5 Å². The summed E-state index contributed by atoms with van der Waals surface area (Å²) in [5, 5.41) is 0. The third-order valence-corrected chi connectivity index (χ3v) is 11.4. The van der Waals surface area contributed by atoms with Crippen molar-refractivity contribution in [3.63, 3.8) is 0 Å². The van der Waals surface area contributed by atoms with Crippen molar-refractivity contribution in [3.05, 3.63) is 0 Å². The monoisotopic (exact) mass is 436 g/mol. The third kappa shape index (κ3) is 22.8. The van der Waals surface area contributed by atoms with Crippen LogP contribution in [0.2, 0.25) is 12.6 Å². The third-order valence-electron chi connectivity index (χ3n) is 5.10. The summed E-state index contributed by atoms with van der Waals surface area (Å²) in [5.41, 5.74) is 0. The van der Waals surface area contributed by atoms with Crippen molar-refractivity contribution >= 4 is 39.5 Å². The second kappa shape index (κ2) is 23.8. The van der Waals surface area contributed by atoms with Crippen molar-refractivity contribution in [3.8, 4) is 0 Å². The first-order valence-corrected chi connectivity index (χ1v) is 17.1. The molecule has 0 aromatic heterocycles. The van der Waals surface area contributed by atoms with E-state index in [1.807, 2.05) is 0 Å². The van der Waals surface area contributed by atoms with Gasteiger partial charge in [0.15, 0.2) is 9.04 Å². The Kier molecular flexibility index (Phi) is 24.5. The maximum absolute atomic E-state index is 5.89. The fourth-order valence-electron chi connectivity index (χ4n) is 3.34. The number of unbranched alkanes of at least 4 members (excludes halogenated alkanes) is 15. The predicted molar refractivity (Wildman–Crippen MR) is 128 cm³/mol. The highest BCUT2D eigenvalue weighted by molar-refractivity contribution is 6.57. The van der Waals surface area contributed by atoms with E-state index in [0.717, 1.165) is 10.5 Å². The minimum absolute atomic E-state index is 0.649. The molecule has 0 aliphatic heterocycles. The van der Waals surface area contributed by atoms with Gasteiger partial charge in [-0.15, -0.1) is 0 Å². The molecule has 0 fully saturated rings. The quantitative estimate of drug-likeness (QED) is 0.190. The molecule has 0 heterocycles. The van der Waals surface area contributed by atoms with Crippen molar-refractivity contribution in [2.45, 2.75) is 122 Å². The smallest absolute Gasteiger partial charge is 0.284 e. The first kappa shape index (κ1) is 26.7. The summed E-state index contributed by atoms with van der Waals surface area (Å²) in [7, 11) is -1.45. The predicted octanol–water partition coefficient (Wildman–Crippen LogP) is 3.93. The second-order valence-electron chi connectivity index (χ2n) is 7.80. The molecule has 1 unspecified atom stereocenters. The molecule has 0 N–H and O–H groups in total. The summed E-state index contributed by atoms with van der Waals surface area (Å²) in [4.78, 5) is 0. The summed E-state index contributed by atoms with van der Waals surface area (Å²) < 4.78 is 16.5. The van der Waals surface area contributed by atoms with Crippen LogP contribution in [-0.4, -0.2) is 39.5 Å². The molecule has 0 aliphatic carbocycles. The van der Waals surface area contributed by atoms with E-state index in [4.69, 9.17) is 12.3 Å². The summed E-state index contributed by atoms with van der Waals surface area (Å²) in [6.45, 7) is 4.62. The van der Waals surface area contributed by atoms with Gasteiger partial charge in [-0.05, 0) is 12.6 Å². The molecule has 0 amide bonds. The summed E-state index contributed by atoms with van der Waals surface area (Å²) in [5.74, 6) is 0. The van der Waals surface area contributed by atoms with Gasteiger partial charge in [0, 0.05) is 0 Å². The number of hydrogen-bond donors (Lipinski definition) is 0. The lowest BCUT2D eigenvalue weighted by molar-refractivity contribution is 0.431. The molecule has 26 heavy (non-hydrogen) atoms. The molecule has 0 aromatic carbocycles. The molecule has 0 aromatic rings. The SMILES string of the molecule is CCCCCCCCCCCCCCCCCC[SiH](C)O[SiH2]O[SiH2]O[SiH3]. The normalized spacial score (nSPS) is 13.6. The van der Waals surface area contributed by atoms with Crippen LogP contribution >= 0.6 is 0 Å². The van der Waals surface area contributed by atoms with Crippen LogP contribution in [0, 0.1) is 0 Å². The molecule has 3 nitrogen and oxygen atoms in total. The first-order chi connectivity index (χ1) is 12.8. The fourth-order valence-corrected chi connectivity index (χ4v) is 9.49. The van der Waals surface area contributed by atoms with Gasteiger partial charge in [0.05, 0.1) is 0 Å². The molecule has 0 radical (unpaired) electrons. The molecular formula is C19H48O3Si4. The van der Waals surface area contributed by atoms with Crippen LogP contribution in [0.4, 0.5) is 0 Å². The van der Waals surface area contributed by atoms with Crippen LogP contribution in [-0.2, 0) is 12.3 Å². The number of rotatable bonds is 22. The minimum atomic E-state index is -0.923. The number of hydrogen-bond acceptors (Lipinski definition) is 3. The van der Waals surface area contributed by atoms with Crippen molar-refractivity contribution in [1.29, 1.82) is 0 Å². The van der Waals surface area contributed by atoms with Gasteiger partial charge in [-0.3, -0.25) is 0 Å². The first-order valence-electron chi connectivity index (χ1n) is 11.5. The Morgan fingerprint density at radius 3 is 1.50 bits per heavy atom. The van der Waals surface area contributed by atoms with Crippen molar-refractivity contribution < 1.29 is 12.3 Å². The standard InChI is InChI=1S/C19H48O3Si4/c1-3-4-5-6-7-8-9-10-11-12-13-14-15-16-17-18-19-26(2)22-25-21-24-20-23/h26H,3-19,24-25H2,1-2,23H3. The molecule has 1 atom stereocenters. The maximum atomic E-state index is 5.89. The molecule has 0 aliphatic rings. The van der Waals surface area contributed by atoms with Gasteiger partial charge in [-0.2, -0.15) is 0 Å². The van der Waals surface area contributed by atoms with Crippen LogP contribution in [0.3, 0.4) is 0 Å². The maximum Gasteiger partial charge on any atom is 0.284 e. The van der Waals surface area contributed by atoms with Gasteiger partial charge < -0.3 is 12.3 Å². The summed E-state index contributed by atoms with van der Waals surface area (Å²) in [6, 6.07) is 1.33. The van der Waals surface area contributed by atoms with Gasteiger partial charge in [-0.25, -0.2) is 0 Å². The molecule has 0 bridgehead atoms. The van der Waals surface area contributed by atoms with E-state index in [-0.39, 0.29) is 0 Å². The Balaban J connectivity index is 3.06. The molecular weight excluding hydrogens is 389 g/mol. The molecule has 158 valence electrons. The van der Waals surface area contributed by atoms with E-state index in [0.29, 0.717) is 0 Å². The zero-order valence-electron chi connectivity index (χ0n) is 18.2. The van der Waals surface area contributed by atoms with Crippen molar-refractivity contribution in [1.82, 2.24) is 0 Å². The lowest BCUT2D eigenvalue weighted by Gasteiger charge is -2.11. The highest BCUT2D eigenvalue weighted by atomic mass is 28.4. The highest BCUT2D eigenvalue weighted by Gasteiger charge is 2.04. The Morgan fingerprint density at radius 1 is 0.654 bits per heavy atom. The average molecular weight is 437 g/mol. The molecule has 0 rings (SSSR count). The van der Waals surface area contributed by atoms with Crippen LogP contribution < -0.4 is 0 Å². The lowest BCUT2D eigenvalue weighted by Crippen LogP contribution is -2.20. The fraction of sp³-hybridized carbons (Fsp3) is 1.00. The van der Waals surface area contributed by atoms with Crippen molar-refractivity contribution in [2.75, 3.05) is 0 Å². The topological polar surface area (TPSA) is 27.7 Å².